The molecule has 90 valence electrons. The van der Waals surface area contributed by atoms with Crippen LogP contribution >= 0.6 is 0 Å². The fourth-order valence-corrected chi connectivity index (χ4v) is 1.07. The highest BCUT2D eigenvalue weighted by Crippen LogP contribution is 1.93. The normalized spacial score (nSPS) is 14.9. The Hall–Kier alpha value is -0.420. The van der Waals surface area contributed by atoms with E-state index in [0.29, 0.717) is 19.8 Å². The van der Waals surface area contributed by atoms with Crippen molar-refractivity contribution < 1.29 is 14.6 Å². The average molecular weight is 217 g/mol. The Kier molecular flexibility index (Phi) is 8.61. The van der Waals surface area contributed by atoms with Gasteiger partial charge in [-0.1, -0.05) is 12.2 Å². The van der Waals surface area contributed by atoms with Gasteiger partial charge in [0.05, 0.1) is 25.4 Å². The smallest absolute Gasteiger partial charge is 0.0897 e. The minimum absolute atomic E-state index is 0.0193. The van der Waals surface area contributed by atoms with Crippen molar-refractivity contribution in [2.24, 2.45) is 0 Å². The van der Waals surface area contributed by atoms with Gasteiger partial charge in [-0.2, -0.15) is 0 Å². The monoisotopic (exact) mass is 217 g/mol. The lowest BCUT2D eigenvalue weighted by atomic mass is 10.3. The predicted molar refractivity (Wildman–Crippen MR) is 61.0 cm³/mol. The molecule has 0 heterocycles. The molecule has 0 aliphatic rings. The summed E-state index contributed by atoms with van der Waals surface area (Å²) >= 11 is 0. The molecule has 0 aliphatic carbocycles. The van der Waals surface area contributed by atoms with Crippen LogP contribution in [0.2, 0.25) is 0 Å². The van der Waals surface area contributed by atoms with Crippen LogP contribution in [0.4, 0.5) is 0 Å². The van der Waals surface area contributed by atoms with Crippen LogP contribution in [0.5, 0.6) is 0 Å². The second kappa shape index (κ2) is 8.85. The molecule has 0 aromatic rings. The van der Waals surface area contributed by atoms with Crippen molar-refractivity contribution in [2.75, 3.05) is 33.4 Å². The first-order valence-corrected chi connectivity index (χ1v) is 5.20. The van der Waals surface area contributed by atoms with Gasteiger partial charge in [-0.05, 0) is 13.8 Å². The molecule has 0 rings (SSSR count). The Morgan fingerprint density at radius 2 is 2.13 bits per heavy atom. The Morgan fingerprint density at radius 3 is 2.67 bits per heavy atom. The lowest BCUT2D eigenvalue weighted by molar-refractivity contribution is -0.0308. The second-order valence-electron chi connectivity index (χ2n) is 3.84. The van der Waals surface area contributed by atoms with Gasteiger partial charge in [0, 0.05) is 20.2 Å². The molecule has 0 bridgehead atoms. The van der Waals surface area contributed by atoms with E-state index in [9.17, 15) is 5.11 Å². The first-order valence-electron chi connectivity index (χ1n) is 5.20. The van der Waals surface area contributed by atoms with Crippen LogP contribution in [0.3, 0.4) is 0 Å². The lowest BCUT2D eigenvalue weighted by Crippen LogP contribution is -2.33. The van der Waals surface area contributed by atoms with Crippen molar-refractivity contribution >= 4 is 0 Å². The molecule has 4 nitrogen and oxygen atoms in total. The third kappa shape index (κ3) is 9.87. The van der Waals surface area contributed by atoms with Gasteiger partial charge in [-0.3, -0.25) is 0 Å². The molecule has 0 radical (unpaired) electrons. The van der Waals surface area contributed by atoms with Crippen LogP contribution in [0.1, 0.15) is 13.8 Å². The van der Waals surface area contributed by atoms with Gasteiger partial charge in [0.25, 0.3) is 0 Å². The zero-order valence-electron chi connectivity index (χ0n) is 9.95. The van der Waals surface area contributed by atoms with Crippen LogP contribution in [-0.4, -0.2) is 50.7 Å². The summed E-state index contributed by atoms with van der Waals surface area (Å²) in [6.07, 6.45) is -0.463. The Bertz CT molecular complexity index is 173. The number of methoxy groups -OCH3 is 1. The van der Waals surface area contributed by atoms with Crippen LogP contribution in [-0.2, 0) is 9.47 Å². The Morgan fingerprint density at radius 1 is 1.47 bits per heavy atom. The molecule has 2 unspecified atom stereocenters. The second-order valence-corrected chi connectivity index (χ2v) is 3.84. The van der Waals surface area contributed by atoms with E-state index in [1.807, 2.05) is 13.8 Å². The summed E-state index contributed by atoms with van der Waals surface area (Å²) in [6.45, 7) is 9.74. The van der Waals surface area contributed by atoms with Crippen molar-refractivity contribution in [3.63, 3.8) is 0 Å². The zero-order chi connectivity index (χ0) is 11.7. The highest BCUT2D eigenvalue weighted by molar-refractivity contribution is 4.90. The molecular weight excluding hydrogens is 194 g/mol. The Labute approximate surface area is 92.3 Å². The number of hydrogen-bond donors (Lipinski definition) is 2. The number of hydrogen-bond acceptors (Lipinski definition) is 4. The standard InChI is InChI=1S/C11H23NO3/c1-9(2)5-12-6-11(13)8-15-10(3)7-14-4/h10-13H,1,5-8H2,2-4H3. The maximum absolute atomic E-state index is 9.52. The van der Waals surface area contributed by atoms with Gasteiger partial charge in [-0.25, -0.2) is 0 Å². The van der Waals surface area contributed by atoms with Crippen molar-refractivity contribution in [3.8, 4) is 0 Å². The van der Waals surface area contributed by atoms with Crippen LogP contribution in [0.15, 0.2) is 12.2 Å². The van der Waals surface area contributed by atoms with Crippen LogP contribution in [0, 0.1) is 0 Å². The maximum Gasteiger partial charge on any atom is 0.0897 e. The number of aliphatic hydroxyl groups is 1. The summed E-state index contributed by atoms with van der Waals surface area (Å²) in [5, 5.41) is 12.6. The van der Waals surface area contributed by atoms with Gasteiger partial charge in [0.2, 0.25) is 0 Å². The Balaban J connectivity index is 3.40. The summed E-state index contributed by atoms with van der Waals surface area (Å²) in [6, 6.07) is 0. The molecule has 15 heavy (non-hydrogen) atoms. The van der Waals surface area contributed by atoms with E-state index < -0.39 is 6.10 Å². The van der Waals surface area contributed by atoms with E-state index in [4.69, 9.17) is 9.47 Å². The minimum Gasteiger partial charge on any atom is -0.389 e. The summed E-state index contributed by atoms with van der Waals surface area (Å²) in [7, 11) is 1.63. The average Bonchev–Trinajstić information content (AvgIpc) is 2.14. The first kappa shape index (κ1) is 14.6. The topological polar surface area (TPSA) is 50.7 Å². The molecule has 0 fully saturated rings. The summed E-state index contributed by atoms with van der Waals surface area (Å²) < 4.78 is 10.3. The minimum atomic E-state index is -0.483. The highest BCUT2D eigenvalue weighted by Gasteiger charge is 2.07. The third-order valence-corrected chi connectivity index (χ3v) is 1.78. The molecule has 0 aromatic heterocycles. The van der Waals surface area contributed by atoms with Gasteiger partial charge in [0.1, 0.15) is 0 Å². The molecule has 0 spiro atoms. The zero-order valence-corrected chi connectivity index (χ0v) is 9.95. The van der Waals surface area contributed by atoms with Crippen LogP contribution in [0.25, 0.3) is 0 Å². The van der Waals surface area contributed by atoms with Gasteiger partial charge >= 0.3 is 0 Å². The van der Waals surface area contributed by atoms with Gasteiger partial charge in [-0.15, -0.1) is 0 Å². The van der Waals surface area contributed by atoms with Crippen LogP contribution < -0.4 is 5.32 Å². The van der Waals surface area contributed by atoms with E-state index in [2.05, 4.69) is 11.9 Å². The van der Waals surface area contributed by atoms with Gasteiger partial charge < -0.3 is 19.9 Å². The van der Waals surface area contributed by atoms with Crippen molar-refractivity contribution in [2.45, 2.75) is 26.1 Å². The van der Waals surface area contributed by atoms with Crippen molar-refractivity contribution in [1.29, 1.82) is 0 Å². The summed E-state index contributed by atoms with van der Waals surface area (Å²) in [5.41, 5.74) is 1.05. The maximum atomic E-state index is 9.52. The number of rotatable bonds is 9. The molecular formula is C11H23NO3. The molecule has 2 N–H and O–H groups in total. The van der Waals surface area contributed by atoms with E-state index in [1.165, 1.54) is 0 Å². The molecule has 0 saturated heterocycles. The molecule has 0 aromatic carbocycles. The lowest BCUT2D eigenvalue weighted by Gasteiger charge is -2.16. The molecule has 4 heteroatoms. The first-order chi connectivity index (χ1) is 7.06. The molecule has 0 saturated carbocycles. The largest absolute Gasteiger partial charge is 0.389 e. The third-order valence-electron chi connectivity index (χ3n) is 1.78. The number of ether oxygens (including phenoxy) is 2. The quantitative estimate of drug-likeness (QED) is 0.554. The fraction of sp³-hybridized carbons (Fsp3) is 0.818. The van der Waals surface area contributed by atoms with E-state index in [0.717, 1.165) is 12.1 Å². The van der Waals surface area contributed by atoms with E-state index >= 15 is 0 Å². The number of aliphatic hydroxyl groups excluding tert-OH is 1. The van der Waals surface area contributed by atoms with Crippen molar-refractivity contribution in [1.82, 2.24) is 5.32 Å². The SMILES string of the molecule is C=C(C)CNCC(O)COC(C)COC. The number of nitrogens with one attached hydrogen (secondary N) is 1. The van der Waals surface area contributed by atoms with E-state index in [-0.39, 0.29) is 6.10 Å². The summed E-state index contributed by atoms with van der Waals surface area (Å²) in [4.78, 5) is 0. The highest BCUT2D eigenvalue weighted by atomic mass is 16.5. The molecule has 0 amide bonds. The van der Waals surface area contributed by atoms with Gasteiger partial charge in [0.15, 0.2) is 0 Å². The fourth-order valence-electron chi connectivity index (χ4n) is 1.07. The van der Waals surface area contributed by atoms with Crippen molar-refractivity contribution in [3.05, 3.63) is 12.2 Å². The van der Waals surface area contributed by atoms with E-state index in [1.54, 1.807) is 7.11 Å². The molecule has 0 aliphatic heterocycles. The predicted octanol–water partition coefficient (Wildman–Crippen LogP) is 0.565. The summed E-state index contributed by atoms with van der Waals surface area (Å²) in [5.74, 6) is 0. The molecule has 2 atom stereocenters.